The number of carboxylic acid groups (broad SMARTS) is 1. The Labute approximate surface area is 195 Å². The molecule has 0 radical (unpaired) electrons. The number of hydrogen-bond acceptors (Lipinski definition) is 10. The zero-order chi connectivity index (χ0) is 24.6. The van der Waals surface area contributed by atoms with E-state index in [1.807, 2.05) is 0 Å². The highest BCUT2D eigenvalue weighted by Crippen LogP contribution is 2.00. The maximum Gasteiger partial charge on any atom is 0.372 e. The third-order valence-corrected chi connectivity index (χ3v) is 4.24. The van der Waals surface area contributed by atoms with E-state index >= 15 is 0 Å². The number of esters is 1. The van der Waals surface area contributed by atoms with Gasteiger partial charge < -0.3 is 38.3 Å². The van der Waals surface area contributed by atoms with Gasteiger partial charge in [-0.3, -0.25) is 9.59 Å². The number of carboxylic acids is 1. The lowest BCUT2D eigenvalue weighted by molar-refractivity contribution is -0.151. The fourth-order valence-corrected chi connectivity index (χ4v) is 2.11. The van der Waals surface area contributed by atoms with Crippen LogP contribution < -0.4 is 0 Å². The molecule has 0 saturated carbocycles. The SMILES string of the molecule is CCC(C)COCCOCCOCCOCCOCCOCCOC(=O)CCC(=O)C(=O)O. The van der Waals surface area contributed by atoms with Crippen molar-refractivity contribution in [3.8, 4) is 0 Å². The van der Waals surface area contributed by atoms with Crippen molar-refractivity contribution in [2.45, 2.75) is 33.1 Å². The van der Waals surface area contributed by atoms with E-state index in [-0.39, 0.29) is 26.1 Å². The predicted octanol–water partition coefficient (Wildman–Crippen LogP) is 1.11. The van der Waals surface area contributed by atoms with Crippen LogP contribution in [0.5, 0.6) is 0 Å². The van der Waals surface area contributed by atoms with Crippen molar-refractivity contribution in [1.82, 2.24) is 0 Å². The Morgan fingerprint density at radius 1 is 0.636 bits per heavy atom. The summed E-state index contributed by atoms with van der Waals surface area (Å²) in [6, 6.07) is 0. The van der Waals surface area contributed by atoms with E-state index in [0.29, 0.717) is 72.0 Å². The second kappa shape index (κ2) is 23.5. The highest BCUT2D eigenvalue weighted by molar-refractivity contribution is 6.32. The molecule has 1 unspecified atom stereocenters. The summed E-state index contributed by atoms with van der Waals surface area (Å²) < 4.78 is 37.1. The molecule has 0 bridgehead atoms. The molecule has 11 heteroatoms. The molecule has 0 saturated heterocycles. The van der Waals surface area contributed by atoms with E-state index in [2.05, 4.69) is 13.8 Å². The summed E-state index contributed by atoms with van der Waals surface area (Å²) in [5.41, 5.74) is 0. The van der Waals surface area contributed by atoms with E-state index in [1.54, 1.807) is 0 Å². The Morgan fingerprint density at radius 3 is 1.42 bits per heavy atom. The molecular formula is C22H40O11. The van der Waals surface area contributed by atoms with Gasteiger partial charge in [0.2, 0.25) is 5.78 Å². The fraction of sp³-hybridized carbons (Fsp3) is 0.864. The fourth-order valence-electron chi connectivity index (χ4n) is 2.11. The maximum atomic E-state index is 11.3. The molecule has 0 aliphatic rings. The van der Waals surface area contributed by atoms with E-state index < -0.39 is 17.7 Å². The molecule has 0 aliphatic heterocycles. The van der Waals surface area contributed by atoms with E-state index in [1.165, 1.54) is 0 Å². The molecule has 0 aromatic heterocycles. The molecule has 11 nitrogen and oxygen atoms in total. The minimum absolute atomic E-state index is 0.0280. The van der Waals surface area contributed by atoms with Crippen LogP contribution in [0.25, 0.3) is 0 Å². The molecule has 1 N–H and O–H groups in total. The summed E-state index contributed by atoms with van der Waals surface area (Å²) in [6.07, 6.45) is 0.478. The van der Waals surface area contributed by atoms with E-state index in [9.17, 15) is 14.4 Å². The van der Waals surface area contributed by atoms with E-state index in [0.717, 1.165) is 13.0 Å². The van der Waals surface area contributed by atoms with Crippen LogP contribution in [0.15, 0.2) is 0 Å². The first kappa shape index (κ1) is 31.4. The van der Waals surface area contributed by atoms with Crippen molar-refractivity contribution >= 4 is 17.7 Å². The average Bonchev–Trinajstić information content (AvgIpc) is 2.80. The second-order valence-electron chi connectivity index (χ2n) is 7.10. The van der Waals surface area contributed by atoms with Crippen molar-refractivity contribution in [3.05, 3.63) is 0 Å². The maximum absolute atomic E-state index is 11.3. The Bertz CT molecular complexity index is 499. The summed E-state index contributed by atoms with van der Waals surface area (Å²) in [4.78, 5) is 32.5. The lowest BCUT2D eigenvalue weighted by atomic mass is 10.1. The van der Waals surface area contributed by atoms with Crippen LogP contribution in [0.2, 0.25) is 0 Å². The molecule has 1 atom stereocenters. The normalized spacial score (nSPS) is 11.9. The van der Waals surface area contributed by atoms with Gasteiger partial charge in [-0.2, -0.15) is 0 Å². The lowest BCUT2D eigenvalue weighted by Gasteiger charge is -2.10. The molecule has 0 rings (SSSR count). The van der Waals surface area contributed by atoms with Crippen molar-refractivity contribution in [2.75, 3.05) is 85.9 Å². The number of carbonyl (C=O) groups is 3. The molecule has 33 heavy (non-hydrogen) atoms. The van der Waals surface area contributed by atoms with Gasteiger partial charge in [0.25, 0.3) is 0 Å². The van der Waals surface area contributed by atoms with Gasteiger partial charge in [0.15, 0.2) is 0 Å². The van der Waals surface area contributed by atoms with Crippen LogP contribution in [-0.2, 0) is 47.5 Å². The van der Waals surface area contributed by atoms with Crippen molar-refractivity contribution in [2.24, 2.45) is 5.92 Å². The summed E-state index contributed by atoms with van der Waals surface area (Å²) in [6.45, 7) is 10.0. The standard InChI is InChI=1S/C22H40O11/c1-3-19(2)18-32-15-14-30-11-10-28-7-6-27-8-9-29-12-13-31-16-17-33-21(24)5-4-20(23)22(25)26/h19H,3-18H2,1-2H3,(H,25,26). The first-order valence-electron chi connectivity index (χ1n) is 11.4. The molecule has 0 spiro atoms. The zero-order valence-corrected chi connectivity index (χ0v) is 19.9. The number of ketones is 1. The van der Waals surface area contributed by atoms with Gasteiger partial charge in [0.1, 0.15) is 6.61 Å². The van der Waals surface area contributed by atoms with Crippen LogP contribution in [0.1, 0.15) is 33.1 Å². The first-order valence-corrected chi connectivity index (χ1v) is 11.4. The number of hydrogen-bond donors (Lipinski definition) is 1. The topological polar surface area (TPSA) is 136 Å². The second-order valence-corrected chi connectivity index (χ2v) is 7.10. The molecule has 0 amide bonds. The van der Waals surface area contributed by atoms with Gasteiger partial charge >= 0.3 is 11.9 Å². The average molecular weight is 481 g/mol. The Kier molecular flexibility index (Phi) is 22.4. The van der Waals surface area contributed by atoms with Crippen molar-refractivity contribution < 1.29 is 52.6 Å². The number of rotatable bonds is 25. The van der Waals surface area contributed by atoms with Crippen molar-refractivity contribution in [3.63, 3.8) is 0 Å². The summed E-state index contributed by atoms with van der Waals surface area (Å²) in [5, 5.41) is 8.40. The molecule has 0 fully saturated rings. The number of aliphatic carboxylic acids is 1. The molecule has 0 aliphatic carbocycles. The van der Waals surface area contributed by atoms with Gasteiger partial charge in [-0.05, 0) is 5.92 Å². The highest BCUT2D eigenvalue weighted by Gasteiger charge is 2.14. The molecule has 0 aromatic rings. The predicted molar refractivity (Wildman–Crippen MR) is 117 cm³/mol. The number of ether oxygens (including phenoxy) is 7. The van der Waals surface area contributed by atoms with Crippen LogP contribution in [0, 0.1) is 5.92 Å². The van der Waals surface area contributed by atoms with Crippen LogP contribution in [-0.4, -0.2) is 109 Å². The highest BCUT2D eigenvalue weighted by atomic mass is 16.6. The zero-order valence-electron chi connectivity index (χ0n) is 19.9. The van der Waals surface area contributed by atoms with Gasteiger partial charge in [0.05, 0.1) is 79.1 Å². The Morgan fingerprint density at radius 2 is 1.03 bits per heavy atom. The van der Waals surface area contributed by atoms with Gasteiger partial charge in [-0.1, -0.05) is 20.3 Å². The Hall–Kier alpha value is -1.63. The smallest absolute Gasteiger partial charge is 0.372 e. The monoisotopic (exact) mass is 480 g/mol. The van der Waals surface area contributed by atoms with Gasteiger partial charge in [-0.15, -0.1) is 0 Å². The van der Waals surface area contributed by atoms with Gasteiger partial charge in [-0.25, -0.2) is 4.79 Å². The third kappa shape index (κ3) is 23.3. The molecule has 194 valence electrons. The summed E-state index contributed by atoms with van der Waals surface area (Å²) in [7, 11) is 0. The number of Topliss-reactive ketones (excluding diaryl/α,β-unsaturated/α-hetero) is 1. The van der Waals surface area contributed by atoms with Crippen LogP contribution in [0.3, 0.4) is 0 Å². The largest absolute Gasteiger partial charge is 0.476 e. The molecular weight excluding hydrogens is 440 g/mol. The summed E-state index contributed by atoms with van der Waals surface area (Å²) in [5.74, 6) is -2.63. The van der Waals surface area contributed by atoms with Gasteiger partial charge in [0, 0.05) is 13.0 Å². The molecule has 0 heterocycles. The molecule has 0 aromatic carbocycles. The quantitative estimate of drug-likeness (QED) is 0.114. The third-order valence-electron chi connectivity index (χ3n) is 4.24. The minimum Gasteiger partial charge on any atom is -0.476 e. The van der Waals surface area contributed by atoms with Crippen molar-refractivity contribution in [1.29, 1.82) is 0 Å². The van der Waals surface area contributed by atoms with Crippen LogP contribution in [0.4, 0.5) is 0 Å². The minimum atomic E-state index is -1.56. The number of carbonyl (C=O) groups excluding carboxylic acids is 2. The first-order chi connectivity index (χ1) is 16.0. The van der Waals surface area contributed by atoms with E-state index in [4.69, 9.17) is 38.3 Å². The lowest BCUT2D eigenvalue weighted by Crippen LogP contribution is -2.17. The summed E-state index contributed by atoms with van der Waals surface area (Å²) >= 11 is 0. The van der Waals surface area contributed by atoms with Crippen LogP contribution >= 0.6 is 0 Å². The Balaban J connectivity index is 3.18.